The van der Waals surface area contributed by atoms with Gasteiger partial charge in [-0.15, -0.1) is 0 Å². The topological polar surface area (TPSA) is 69.8 Å². The summed E-state index contributed by atoms with van der Waals surface area (Å²) in [5, 5.41) is 4.98. The van der Waals surface area contributed by atoms with Gasteiger partial charge < -0.3 is 29.6 Å². The van der Waals surface area contributed by atoms with Crippen LogP contribution in [-0.4, -0.2) is 65.8 Å². The van der Waals surface area contributed by atoms with E-state index in [1.807, 2.05) is 18.2 Å². The van der Waals surface area contributed by atoms with E-state index in [0.717, 1.165) is 50.0 Å². The molecule has 2 N–H and O–H groups in total. The number of benzene rings is 1. The van der Waals surface area contributed by atoms with Crippen molar-refractivity contribution in [3.8, 4) is 11.5 Å². The minimum absolute atomic E-state index is 0.102. The van der Waals surface area contributed by atoms with Crippen molar-refractivity contribution in [2.75, 3.05) is 45.9 Å². The van der Waals surface area contributed by atoms with Crippen LogP contribution in [0.2, 0.25) is 0 Å². The second-order valence-corrected chi connectivity index (χ2v) is 8.98. The third-order valence-corrected chi connectivity index (χ3v) is 6.09. The van der Waals surface area contributed by atoms with E-state index in [2.05, 4.69) is 47.8 Å². The van der Waals surface area contributed by atoms with Gasteiger partial charge in [-0.05, 0) is 56.3 Å². The van der Waals surface area contributed by atoms with Crippen molar-refractivity contribution in [2.45, 2.75) is 40.7 Å². The number of nitrogens with one attached hydrogen (secondary N) is 2. The summed E-state index contributed by atoms with van der Waals surface area (Å²) in [5.41, 5.74) is 1.33. The highest BCUT2D eigenvalue weighted by Crippen LogP contribution is 2.33. The average molecular weight is 461 g/mol. The van der Waals surface area contributed by atoms with Gasteiger partial charge in [0.05, 0.1) is 12.1 Å². The predicted octanol–water partition coefficient (Wildman–Crippen LogP) is 3.36. The largest absolute Gasteiger partial charge is 0.486 e. The zero-order valence-corrected chi connectivity index (χ0v) is 20.5. The van der Waals surface area contributed by atoms with E-state index < -0.39 is 0 Å². The van der Waals surface area contributed by atoms with Gasteiger partial charge in [0.1, 0.15) is 13.2 Å². The molecule has 3 rings (SSSR count). The first kappa shape index (κ1) is 24.3. The molecule has 1 aromatic carbocycles. The van der Waals surface area contributed by atoms with Crippen molar-refractivity contribution in [1.82, 2.24) is 20.1 Å². The van der Waals surface area contributed by atoms with E-state index >= 15 is 0 Å². The molecule has 0 unspecified atom stereocenters. The molecule has 1 aromatic heterocycles. The summed E-state index contributed by atoms with van der Waals surface area (Å²) in [4.78, 5) is 20.4. The highest BCUT2D eigenvalue weighted by atomic mass is 32.1. The van der Waals surface area contributed by atoms with Crippen LogP contribution in [0.25, 0.3) is 10.9 Å². The first-order valence-corrected chi connectivity index (χ1v) is 12.0. The number of nitrogens with zero attached hydrogens (tertiary/aromatic N) is 2. The number of rotatable bonds is 10. The maximum absolute atomic E-state index is 12.9. The first-order chi connectivity index (χ1) is 15.4. The minimum Gasteiger partial charge on any atom is -0.486 e. The van der Waals surface area contributed by atoms with Gasteiger partial charge in [-0.25, -0.2) is 0 Å². The van der Waals surface area contributed by atoms with E-state index in [-0.39, 0.29) is 5.56 Å². The Morgan fingerprint density at radius 1 is 1.12 bits per heavy atom. The highest BCUT2D eigenvalue weighted by molar-refractivity contribution is 7.80. The van der Waals surface area contributed by atoms with Crippen molar-refractivity contribution in [3.63, 3.8) is 0 Å². The van der Waals surface area contributed by atoms with Gasteiger partial charge in [0.2, 0.25) is 0 Å². The van der Waals surface area contributed by atoms with Crippen LogP contribution in [0.3, 0.4) is 0 Å². The zero-order chi connectivity index (χ0) is 23.1. The van der Waals surface area contributed by atoms with Crippen LogP contribution in [0, 0.1) is 5.92 Å². The maximum atomic E-state index is 12.9. The van der Waals surface area contributed by atoms with Crippen molar-refractivity contribution < 1.29 is 9.47 Å². The average Bonchev–Trinajstić information content (AvgIpc) is 2.78. The SMILES string of the molecule is CCN(CC)CCCN(Cc1cc2cc3c(cc2[nH]c1=O)OCCO3)C(=S)NCC(C)C. The first-order valence-electron chi connectivity index (χ1n) is 11.6. The lowest BCUT2D eigenvalue weighted by Crippen LogP contribution is -2.42. The van der Waals surface area contributed by atoms with Gasteiger partial charge in [0, 0.05) is 30.1 Å². The fourth-order valence-electron chi connectivity index (χ4n) is 3.79. The van der Waals surface area contributed by atoms with Gasteiger partial charge in [0.15, 0.2) is 16.6 Å². The molecule has 0 atom stereocenters. The van der Waals surface area contributed by atoms with Crippen LogP contribution < -0.4 is 20.3 Å². The Kier molecular flexibility index (Phi) is 8.75. The molecule has 2 heterocycles. The molecule has 0 saturated carbocycles. The van der Waals surface area contributed by atoms with Crippen molar-refractivity contribution in [1.29, 1.82) is 0 Å². The quantitative estimate of drug-likeness (QED) is 0.527. The van der Waals surface area contributed by atoms with E-state index in [9.17, 15) is 4.79 Å². The molecule has 2 aromatic rings. The number of pyridine rings is 1. The smallest absolute Gasteiger partial charge is 0.253 e. The Labute approximate surface area is 196 Å². The van der Waals surface area contributed by atoms with E-state index in [1.54, 1.807) is 0 Å². The third-order valence-electron chi connectivity index (χ3n) is 5.69. The summed E-state index contributed by atoms with van der Waals surface area (Å²) in [6.45, 7) is 14.9. The monoisotopic (exact) mass is 460 g/mol. The molecule has 0 saturated heterocycles. The molecule has 0 bridgehead atoms. The molecule has 0 spiro atoms. The van der Waals surface area contributed by atoms with Crippen LogP contribution in [-0.2, 0) is 6.54 Å². The Balaban J connectivity index is 1.80. The molecule has 0 aliphatic carbocycles. The normalized spacial score (nSPS) is 13.1. The lowest BCUT2D eigenvalue weighted by atomic mass is 10.1. The summed E-state index contributed by atoms with van der Waals surface area (Å²) < 4.78 is 11.4. The molecular formula is C24H36N4O3S. The van der Waals surface area contributed by atoms with Gasteiger partial charge >= 0.3 is 0 Å². The summed E-state index contributed by atoms with van der Waals surface area (Å²) >= 11 is 5.70. The molecule has 0 radical (unpaired) electrons. The fraction of sp³-hybridized carbons (Fsp3) is 0.583. The molecule has 176 valence electrons. The summed E-state index contributed by atoms with van der Waals surface area (Å²) in [6.07, 6.45) is 0.981. The molecule has 0 fully saturated rings. The summed E-state index contributed by atoms with van der Waals surface area (Å²) in [6, 6.07) is 5.71. The number of aromatic nitrogens is 1. The third kappa shape index (κ3) is 6.36. The Bertz CT molecular complexity index is 972. The van der Waals surface area contributed by atoms with Crippen LogP contribution in [0.15, 0.2) is 23.0 Å². The number of thiocarbonyl (C=S) groups is 1. The number of H-pyrrole nitrogens is 1. The number of fused-ring (bicyclic) bond motifs is 2. The van der Waals surface area contributed by atoms with Crippen LogP contribution in [0.5, 0.6) is 11.5 Å². The molecule has 8 heteroatoms. The highest BCUT2D eigenvalue weighted by Gasteiger charge is 2.17. The molecule has 1 aliphatic heterocycles. The van der Waals surface area contributed by atoms with Gasteiger partial charge in [-0.1, -0.05) is 27.7 Å². The summed E-state index contributed by atoms with van der Waals surface area (Å²) in [5.74, 6) is 1.87. The van der Waals surface area contributed by atoms with Crippen LogP contribution in [0.1, 0.15) is 39.7 Å². The zero-order valence-electron chi connectivity index (χ0n) is 19.7. The number of ether oxygens (including phenoxy) is 2. The van der Waals surface area contributed by atoms with E-state index in [0.29, 0.717) is 47.9 Å². The molecular weight excluding hydrogens is 424 g/mol. The van der Waals surface area contributed by atoms with E-state index in [4.69, 9.17) is 21.7 Å². The molecule has 1 aliphatic rings. The maximum Gasteiger partial charge on any atom is 0.253 e. The minimum atomic E-state index is -0.102. The standard InChI is InChI=1S/C24H36N4O3S/c1-5-27(6-2)8-7-9-28(24(32)25-15-17(3)4)16-19-12-18-13-21-22(31-11-10-30-21)14-20(18)26-23(19)29/h12-14,17H,5-11,15-16H2,1-4H3,(H,25,32)(H,26,29). The van der Waals surface area contributed by atoms with Crippen molar-refractivity contribution in [3.05, 3.63) is 34.1 Å². The number of hydrogen-bond acceptors (Lipinski definition) is 5. The number of aromatic amines is 1. The second-order valence-electron chi connectivity index (χ2n) is 8.59. The Hall–Kier alpha value is -2.32. The molecule has 7 nitrogen and oxygen atoms in total. The van der Waals surface area contributed by atoms with Crippen LogP contribution in [0.4, 0.5) is 0 Å². The fourth-order valence-corrected chi connectivity index (χ4v) is 4.03. The Morgan fingerprint density at radius 2 is 1.81 bits per heavy atom. The molecule has 0 amide bonds. The van der Waals surface area contributed by atoms with Crippen LogP contribution >= 0.6 is 12.2 Å². The second kappa shape index (κ2) is 11.5. The Morgan fingerprint density at radius 3 is 2.47 bits per heavy atom. The predicted molar refractivity (Wildman–Crippen MR) is 134 cm³/mol. The van der Waals surface area contributed by atoms with Crippen molar-refractivity contribution >= 4 is 28.2 Å². The lowest BCUT2D eigenvalue weighted by Gasteiger charge is -2.28. The molecule has 32 heavy (non-hydrogen) atoms. The van der Waals surface area contributed by atoms with Gasteiger partial charge in [-0.2, -0.15) is 0 Å². The lowest BCUT2D eigenvalue weighted by molar-refractivity contribution is 0.172. The summed E-state index contributed by atoms with van der Waals surface area (Å²) in [7, 11) is 0. The van der Waals surface area contributed by atoms with Gasteiger partial charge in [-0.3, -0.25) is 4.79 Å². The van der Waals surface area contributed by atoms with Crippen molar-refractivity contribution in [2.24, 2.45) is 5.92 Å². The van der Waals surface area contributed by atoms with E-state index in [1.165, 1.54) is 0 Å². The number of hydrogen-bond donors (Lipinski definition) is 2. The van der Waals surface area contributed by atoms with Gasteiger partial charge in [0.25, 0.3) is 5.56 Å².